The quantitative estimate of drug-likeness (QED) is 0.700. The number of urea groups is 1. The molecule has 1 N–H and O–H groups in total. The Labute approximate surface area is 192 Å². The molecule has 2 aromatic carbocycles. The molecule has 4 amide bonds. The van der Waals surface area contributed by atoms with Gasteiger partial charge in [-0.15, -0.1) is 0 Å². The zero-order valence-corrected chi connectivity index (χ0v) is 18.8. The minimum atomic E-state index is -1.35. The Morgan fingerprint density at radius 1 is 1.09 bits per heavy atom. The van der Waals surface area contributed by atoms with Gasteiger partial charge in [-0.1, -0.05) is 37.1 Å². The number of likely N-dealkylation sites (tertiary alicyclic amines) is 1. The molecule has 4 rings (SSSR count). The molecule has 0 spiro atoms. The van der Waals surface area contributed by atoms with E-state index in [2.05, 4.69) is 5.32 Å². The number of methoxy groups -OCH3 is 1. The van der Waals surface area contributed by atoms with Gasteiger partial charge in [-0.25, -0.2) is 9.18 Å². The van der Waals surface area contributed by atoms with Gasteiger partial charge in [0.25, 0.3) is 5.91 Å². The zero-order valence-electron chi connectivity index (χ0n) is 18.8. The van der Waals surface area contributed by atoms with E-state index in [4.69, 9.17) is 4.74 Å². The zero-order chi connectivity index (χ0) is 23.6. The summed E-state index contributed by atoms with van der Waals surface area (Å²) < 4.78 is 18.6. The monoisotopic (exact) mass is 453 g/mol. The summed E-state index contributed by atoms with van der Waals surface area (Å²) in [4.78, 5) is 42.0. The Morgan fingerprint density at radius 2 is 1.79 bits per heavy atom. The summed E-state index contributed by atoms with van der Waals surface area (Å²) in [5.41, 5.74) is 0.113. The fourth-order valence-corrected chi connectivity index (χ4v) is 4.62. The lowest BCUT2D eigenvalue weighted by atomic mass is 9.92. The van der Waals surface area contributed by atoms with Gasteiger partial charge < -0.3 is 15.0 Å². The van der Waals surface area contributed by atoms with E-state index in [1.807, 2.05) is 24.3 Å². The summed E-state index contributed by atoms with van der Waals surface area (Å²) in [7, 11) is 1.61. The van der Waals surface area contributed by atoms with Crippen molar-refractivity contribution in [2.75, 3.05) is 20.2 Å². The van der Waals surface area contributed by atoms with Crippen molar-refractivity contribution in [1.82, 2.24) is 15.1 Å². The Balaban J connectivity index is 1.54. The van der Waals surface area contributed by atoms with E-state index < -0.39 is 23.3 Å². The first-order chi connectivity index (χ1) is 15.8. The van der Waals surface area contributed by atoms with Crippen molar-refractivity contribution < 1.29 is 23.5 Å². The van der Waals surface area contributed by atoms with E-state index >= 15 is 0 Å². The second kappa shape index (κ2) is 9.21. The number of benzene rings is 2. The van der Waals surface area contributed by atoms with Gasteiger partial charge >= 0.3 is 6.03 Å². The lowest BCUT2D eigenvalue weighted by molar-refractivity contribution is -0.140. The van der Waals surface area contributed by atoms with E-state index in [9.17, 15) is 18.8 Å². The molecule has 0 bridgehead atoms. The minimum absolute atomic E-state index is 0.129. The number of hydrogen-bond acceptors (Lipinski definition) is 4. The summed E-state index contributed by atoms with van der Waals surface area (Å²) in [5, 5.41) is 2.67. The first kappa shape index (κ1) is 22.8. The second-order valence-corrected chi connectivity index (χ2v) is 8.68. The van der Waals surface area contributed by atoms with Crippen LogP contribution in [0.2, 0.25) is 0 Å². The third kappa shape index (κ3) is 4.42. The fraction of sp³-hybridized carbons (Fsp3) is 0.400. The number of rotatable bonds is 5. The van der Waals surface area contributed by atoms with E-state index in [0.29, 0.717) is 12.1 Å². The highest BCUT2D eigenvalue weighted by molar-refractivity contribution is 6.09. The normalized spacial score (nSPS) is 23.3. The second-order valence-electron chi connectivity index (χ2n) is 8.68. The number of imide groups is 1. The van der Waals surface area contributed by atoms with Crippen molar-refractivity contribution >= 4 is 17.8 Å². The SMILES string of the molecule is COc1ccc([C@@H]2CCCCCN2C(=O)CN2C(=O)N[C@](C)(c3ccc(F)cc3)C2=O)cc1. The maximum Gasteiger partial charge on any atom is 0.325 e. The smallest absolute Gasteiger partial charge is 0.325 e. The lowest BCUT2D eigenvalue weighted by Gasteiger charge is -2.32. The molecule has 2 heterocycles. The third-order valence-corrected chi connectivity index (χ3v) is 6.56. The fourth-order valence-electron chi connectivity index (χ4n) is 4.62. The van der Waals surface area contributed by atoms with Crippen molar-refractivity contribution in [3.63, 3.8) is 0 Å². The van der Waals surface area contributed by atoms with Crippen LogP contribution < -0.4 is 10.1 Å². The molecule has 33 heavy (non-hydrogen) atoms. The van der Waals surface area contributed by atoms with Crippen molar-refractivity contribution in [3.05, 3.63) is 65.5 Å². The van der Waals surface area contributed by atoms with Gasteiger partial charge in [0.1, 0.15) is 23.7 Å². The molecule has 2 aliphatic heterocycles. The Morgan fingerprint density at radius 3 is 2.45 bits per heavy atom. The van der Waals surface area contributed by atoms with Crippen LogP contribution in [0.5, 0.6) is 5.75 Å². The van der Waals surface area contributed by atoms with Crippen molar-refractivity contribution in [2.45, 2.75) is 44.2 Å². The number of amides is 4. The average molecular weight is 454 g/mol. The number of halogens is 1. The lowest BCUT2D eigenvalue weighted by Crippen LogP contribution is -2.45. The van der Waals surface area contributed by atoms with Crippen LogP contribution in [0.15, 0.2) is 48.5 Å². The summed E-state index contributed by atoms with van der Waals surface area (Å²) in [6.45, 7) is 1.79. The maximum atomic E-state index is 13.4. The molecule has 2 saturated heterocycles. The minimum Gasteiger partial charge on any atom is -0.497 e. The molecule has 2 aliphatic rings. The molecule has 7 nitrogen and oxygen atoms in total. The number of ether oxygens (including phenoxy) is 1. The van der Waals surface area contributed by atoms with E-state index in [1.54, 1.807) is 18.9 Å². The van der Waals surface area contributed by atoms with Gasteiger partial charge in [-0.2, -0.15) is 0 Å². The molecular weight excluding hydrogens is 425 g/mol. The Hall–Kier alpha value is -3.42. The molecule has 2 fully saturated rings. The van der Waals surface area contributed by atoms with Crippen LogP contribution in [-0.4, -0.2) is 47.8 Å². The first-order valence-electron chi connectivity index (χ1n) is 11.2. The average Bonchev–Trinajstić information content (AvgIpc) is 2.98. The Kier molecular flexibility index (Phi) is 6.35. The van der Waals surface area contributed by atoms with E-state index in [0.717, 1.165) is 41.9 Å². The van der Waals surface area contributed by atoms with Gasteiger partial charge in [0.05, 0.1) is 13.2 Å². The molecule has 0 aliphatic carbocycles. The van der Waals surface area contributed by atoms with Gasteiger partial charge in [0, 0.05) is 6.54 Å². The van der Waals surface area contributed by atoms with E-state index in [-0.39, 0.29) is 18.5 Å². The molecule has 2 atom stereocenters. The van der Waals surface area contributed by atoms with Crippen molar-refractivity contribution in [2.24, 2.45) is 0 Å². The molecular formula is C25H28FN3O4. The van der Waals surface area contributed by atoms with Crippen LogP contribution in [0.1, 0.15) is 49.8 Å². The van der Waals surface area contributed by atoms with Crippen LogP contribution in [0, 0.1) is 5.82 Å². The van der Waals surface area contributed by atoms with Crippen LogP contribution in [0.3, 0.4) is 0 Å². The predicted molar refractivity (Wildman–Crippen MR) is 120 cm³/mol. The molecule has 0 aromatic heterocycles. The molecule has 8 heteroatoms. The van der Waals surface area contributed by atoms with Crippen molar-refractivity contribution in [1.29, 1.82) is 0 Å². The van der Waals surface area contributed by atoms with Gasteiger partial charge in [0.2, 0.25) is 5.91 Å². The molecule has 174 valence electrons. The van der Waals surface area contributed by atoms with E-state index in [1.165, 1.54) is 24.3 Å². The number of carbonyl (C=O) groups excluding carboxylic acids is 3. The maximum absolute atomic E-state index is 13.4. The standard InChI is InChI=1S/C25H28FN3O4/c1-25(18-9-11-19(26)12-10-18)23(31)29(24(32)27-25)16-22(30)28-15-5-3-4-6-21(28)17-7-13-20(33-2)14-8-17/h7-14,21H,3-6,15-16H2,1-2H3,(H,27,32)/t21-,25+/m0/s1. The summed E-state index contributed by atoms with van der Waals surface area (Å²) >= 11 is 0. The number of hydrogen-bond donors (Lipinski definition) is 1. The predicted octanol–water partition coefficient (Wildman–Crippen LogP) is 3.75. The molecule has 2 aromatic rings. The largest absolute Gasteiger partial charge is 0.497 e. The number of carbonyl (C=O) groups is 3. The van der Waals surface area contributed by atoms with Crippen LogP contribution in [0.25, 0.3) is 0 Å². The highest BCUT2D eigenvalue weighted by Crippen LogP contribution is 2.33. The van der Waals surface area contributed by atoms with Crippen LogP contribution >= 0.6 is 0 Å². The van der Waals surface area contributed by atoms with Crippen molar-refractivity contribution in [3.8, 4) is 5.75 Å². The van der Waals surface area contributed by atoms with Gasteiger partial charge in [0.15, 0.2) is 0 Å². The van der Waals surface area contributed by atoms with Gasteiger partial charge in [-0.3, -0.25) is 14.5 Å². The summed E-state index contributed by atoms with van der Waals surface area (Å²) in [6, 6.07) is 12.3. The topological polar surface area (TPSA) is 79.0 Å². The third-order valence-electron chi connectivity index (χ3n) is 6.56. The number of nitrogens with one attached hydrogen (secondary N) is 1. The highest BCUT2D eigenvalue weighted by Gasteiger charge is 2.50. The van der Waals surface area contributed by atoms with Crippen LogP contribution in [0.4, 0.5) is 9.18 Å². The first-order valence-corrected chi connectivity index (χ1v) is 11.2. The summed E-state index contributed by atoms with van der Waals surface area (Å²) in [6.07, 6.45) is 3.69. The molecule has 0 unspecified atom stereocenters. The van der Waals surface area contributed by atoms with Gasteiger partial charge in [-0.05, 0) is 55.2 Å². The summed E-state index contributed by atoms with van der Waals surface area (Å²) in [5.74, 6) is -0.491. The highest BCUT2D eigenvalue weighted by atomic mass is 19.1. The number of nitrogens with zero attached hydrogens (tertiary/aromatic N) is 2. The molecule has 0 saturated carbocycles. The van der Waals surface area contributed by atoms with Crippen LogP contribution in [-0.2, 0) is 15.1 Å². The molecule has 0 radical (unpaired) electrons. The Bertz CT molecular complexity index is 1040.